The molecule has 0 aliphatic carbocycles. The second-order valence-corrected chi connectivity index (χ2v) is 8.70. The van der Waals surface area contributed by atoms with Crippen LogP contribution >= 0.6 is 33.9 Å². The molecule has 21 heavy (non-hydrogen) atoms. The van der Waals surface area contributed by atoms with E-state index in [4.69, 9.17) is 33.9 Å². The molecule has 116 valence electrons. The maximum Gasteiger partial charge on any atom is 0.262 e. The van der Waals surface area contributed by atoms with Crippen molar-refractivity contribution in [3.05, 3.63) is 27.7 Å². The number of halogens is 3. The summed E-state index contributed by atoms with van der Waals surface area (Å²) in [5, 5.41) is 0.00945. The third-order valence-electron chi connectivity index (χ3n) is 3.56. The zero-order valence-electron chi connectivity index (χ0n) is 11.4. The molecule has 2 unspecified atom stereocenters. The third kappa shape index (κ3) is 3.47. The Morgan fingerprint density at radius 3 is 2.33 bits per heavy atom. The Balaban J connectivity index is 2.47. The molecule has 1 amide bonds. The van der Waals surface area contributed by atoms with Crippen LogP contribution in [0, 0.1) is 5.92 Å². The molecule has 4 nitrogen and oxygen atoms in total. The van der Waals surface area contributed by atoms with Crippen molar-refractivity contribution < 1.29 is 13.2 Å². The summed E-state index contributed by atoms with van der Waals surface area (Å²) in [6.45, 7) is 4.62. The maximum atomic E-state index is 12.6. The summed E-state index contributed by atoms with van der Waals surface area (Å²) in [7, 11) is 1.28. The number of hydrogen-bond donors (Lipinski definition) is 0. The topological polar surface area (TPSA) is 54.5 Å². The molecule has 8 heteroatoms. The van der Waals surface area contributed by atoms with E-state index in [0.29, 0.717) is 12.5 Å². The molecule has 0 N–H and O–H groups in total. The van der Waals surface area contributed by atoms with E-state index in [1.807, 2.05) is 6.92 Å². The van der Waals surface area contributed by atoms with E-state index in [1.54, 1.807) is 4.90 Å². The van der Waals surface area contributed by atoms with Gasteiger partial charge in [0, 0.05) is 23.3 Å². The van der Waals surface area contributed by atoms with Gasteiger partial charge in [-0.05, 0) is 31.4 Å². The van der Waals surface area contributed by atoms with Gasteiger partial charge in [0.15, 0.2) is 0 Å². The minimum absolute atomic E-state index is 0.0790. The highest BCUT2D eigenvalue weighted by Crippen LogP contribution is 2.33. The van der Waals surface area contributed by atoms with Crippen LogP contribution < -0.4 is 0 Å². The maximum absolute atomic E-state index is 12.6. The molecule has 1 aliphatic heterocycles. The van der Waals surface area contributed by atoms with E-state index in [1.165, 1.54) is 6.07 Å². The molecule has 2 atom stereocenters. The summed E-state index contributed by atoms with van der Waals surface area (Å²) >= 11 is 11.9. The Morgan fingerprint density at radius 2 is 1.86 bits per heavy atom. The van der Waals surface area contributed by atoms with Gasteiger partial charge in [0.2, 0.25) is 0 Å². The molecule has 0 spiro atoms. The van der Waals surface area contributed by atoms with E-state index in [0.717, 1.165) is 12.5 Å². The number of benzene rings is 1. The predicted octanol–water partition coefficient (Wildman–Crippen LogP) is 3.79. The first kappa shape index (κ1) is 16.9. The summed E-state index contributed by atoms with van der Waals surface area (Å²) in [4.78, 5) is 14.0. The van der Waals surface area contributed by atoms with Gasteiger partial charge in [0.05, 0.1) is 15.6 Å². The Kier molecular flexibility index (Phi) is 4.78. The van der Waals surface area contributed by atoms with Crippen LogP contribution in [0.3, 0.4) is 0 Å². The van der Waals surface area contributed by atoms with Gasteiger partial charge in [0.1, 0.15) is 4.90 Å². The molecular weight excluding hydrogens is 357 g/mol. The molecule has 0 aromatic heterocycles. The Labute approximate surface area is 138 Å². The van der Waals surface area contributed by atoms with Crippen LogP contribution in [0.4, 0.5) is 0 Å². The number of hydrogen-bond acceptors (Lipinski definition) is 3. The van der Waals surface area contributed by atoms with Gasteiger partial charge in [-0.25, -0.2) is 8.42 Å². The first-order valence-corrected chi connectivity index (χ1v) is 9.42. The SMILES string of the molecule is CC1CC(C)N(C(=O)c2cc(S(=O)(=O)Cl)c(Cl)cc2Cl)C1. The average Bonchev–Trinajstić information content (AvgIpc) is 2.66. The number of rotatable bonds is 2. The highest BCUT2D eigenvalue weighted by molar-refractivity contribution is 8.13. The summed E-state index contributed by atoms with van der Waals surface area (Å²) in [5.74, 6) is 0.0846. The summed E-state index contributed by atoms with van der Waals surface area (Å²) in [6, 6.07) is 2.45. The number of nitrogens with zero attached hydrogens (tertiary/aromatic N) is 1. The molecule has 1 fully saturated rings. The molecule has 1 aromatic rings. The van der Waals surface area contributed by atoms with Crippen molar-refractivity contribution in [2.45, 2.75) is 31.2 Å². The van der Waals surface area contributed by atoms with Crippen molar-refractivity contribution in [1.29, 1.82) is 0 Å². The zero-order chi connectivity index (χ0) is 15.9. The lowest BCUT2D eigenvalue weighted by Gasteiger charge is -2.22. The largest absolute Gasteiger partial charge is 0.336 e. The van der Waals surface area contributed by atoms with Gasteiger partial charge in [0.25, 0.3) is 15.0 Å². The van der Waals surface area contributed by atoms with Crippen LogP contribution in [-0.2, 0) is 9.05 Å². The lowest BCUT2D eigenvalue weighted by molar-refractivity contribution is 0.0743. The third-order valence-corrected chi connectivity index (χ3v) is 5.66. The average molecular weight is 371 g/mol. The predicted molar refractivity (Wildman–Crippen MR) is 83.8 cm³/mol. The Bertz CT molecular complexity index is 690. The molecule has 2 rings (SSSR count). The number of carbonyl (C=O) groups excluding carboxylic acids is 1. The van der Waals surface area contributed by atoms with Crippen LogP contribution in [0.2, 0.25) is 10.0 Å². The molecule has 0 bridgehead atoms. The van der Waals surface area contributed by atoms with E-state index >= 15 is 0 Å². The smallest absolute Gasteiger partial charge is 0.262 e. The van der Waals surface area contributed by atoms with Crippen molar-refractivity contribution in [3.8, 4) is 0 Å². The normalized spacial score (nSPS) is 22.6. The molecule has 1 aliphatic rings. The lowest BCUT2D eigenvalue weighted by Crippen LogP contribution is -2.34. The van der Waals surface area contributed by atoms with Crippen molar-refractivity contribution in [2.24, 2.45) is 5.92 Å². The Hall–Kier alpha value is -0.490. The fourth-order valence-corrected chi connectivity index (χ4v) is 4.44. The van der Waals surface area contributed by atoms with Gasteiger partial charge in [-0.2, -0.15) is 0 Å². The number of carbonyl (C=O) groups is 1. The van der Waals surface area contributed by atoms with Crippen LogP contribution in [0.25, 0.3) is 0 Å². The number of amides is 1. The molecular formula is C13H14Cl3NO3S. The van der Waals surface area contributed by atoms with Gasteiger partial charge < -0.3 is 4.90 Å². The molecule has 0 radical (unpaired) electrons. The zero-order valence-corrected chi connectivity index (χ0v) is 14.5. The van der Waals surface area contributed by atoms with Gasteiger partial charge in [-0.3, -0.25) is 4.79 Å². The van der Waals surface area contributed by atoms with Crippen molar-refractivity contribution >= 4 is 48.8 Å². The summed E-state index contributed by atoms with van der Waals surface area (Å²) < 4.78 is 23.0. The second-order valence-electron chi connectivity index (χ2n) is 5.35. The quantitative estimate of drug-likeness (QED) is 0.744. The van der Waals surface area contributed by atoms with Crippen molar-refractivity contribution in [1.82, 2.24) is 4.90 Å². The number of likely N-dealkylation sites (tertiary alicyclic amines) is 1. The molecule has 1 saturated heterocycles. The van der Waals surface area contributed by atoms with E-state index < -0.39 is 9.05 Å². The molecule has 1 aromatic carbocycles. The monoisotopic (exact) mass is 369 g/mol. The minimum Gasteiger partial charge on any atom is -0.336 e. The molecule has 1 heterocycles. The second kappa shape index (κ2) is 5.95. The van der Waals surface area contributed by atoms with Gasteiger partial charge in [-0.1, -0.05) is 30.1 Å². The highest BCUT2D eigenvalue weighted by Gasteiger charge is 2.32. The fourth-order valence-electron chi connectivity index (χ4n) is 2.62. The van der Waals surface area contributed by atoms with Crippen molar-refractivity contribution in [3.63, 3.8) is 0 Å². The fraction of sp³-hybridized carbons (Fsp3) is 0.462. The first-order chi connectivity index (χ1) is 9.61. The van der Waals surface area contributed by atoms with Gasteiger partial charge in [-0.15, -0.1) is 0 Å². The van der Waals surface area contributed by atoms with E-state index in [2.05, 4.69) is 6.92 Å². The van der Waals surface area contributed by atoms with Crippen molar-refractivity contribution in [2.75, 3.05) is 6.54 Å². The lowest BCUT2D eigenvalue weighted by atomic mass is 10.1. The molecule has 0 saturated carbocycles. The van der Waals surface area contributed by atoms with Crippen LogP contribution in [0.5, 0.6) is 0 Å². The first-order valence-electron chi connectivity index (χ1n) is 6.36. The summed E-state index contributed by atoms with van der Waals surface area (Å²) in [6.07, 6.45) is 0.900. The minimum atomic E-state index is -4.04. The summed E-state index contributed by atoms with van der Waals surface area (Å²) in [5.41, 5.74) is 0.0984. The highest BCUT2D eigenvalue weighted by atomic mass is 35.7. The van der Waals surface area contributed by atoms with Crippen LogP contribution in [0.1, 0.15) is 30.6 Å². The van der Waals surface area contributed by atoms with Gasteiger partial charge >= 0.3 is 0 Å². The van der Waals surface area contributed by atoms with Crippen LogP contribution in [0.15, 0.2) is 17.0 Å². The van der Waals surface area contributed by atoms with E-state index in [-0.39, 0.29) is 32.5 Å². The van der Waals surface area contributed by atoms with E-state index in [9.17, 15) is 13.2 Å². The standard InChI is InChI=1S/C13H14Cl3NO3S/c1-7-3-8(2)17(6-7)13(18)9-4-12(21(16,19)20)11(15)5-10(9)14/h4-5,7-8H,3,6H2,1-2H3. The van der Waals surface area contributed by atoms with Crippen LogP contribution in [-0.4, -0.2) is 31.8 Å². The Morgan fingerprint density at radius 1 is 1.24 bits per heavy atom.